The molecule has 0 spiro atoms. The number of hydrogen-bond donors (Lipinski definition) is 1. The summed E-state index contributed by atoms with van der Waals surface area (Å²) in [5.41, 5.74) is 0.838. The number of carboxylic acid groups (broad SMARTS) is 1. The van der Waals surface area contributed by atoms with Crippen LogP contribution in [0, 0.1) is 0 Å². The van der Waals surface area contributed by atoms with E-state index in [0.29, 0.717) is 18.8 Å². The van der Waals surface area contributed by atoms with Gasteiger partial charge in [-0.2, -0.15) is 0 Å². The van der Waals surface area contributed by atoms with E-state index >= 15 is 0 Å². The first-order valence-electron chi connectivity index (χ1n) is 5.60. The van der Waals surface area contributed by atoms with Crippen LogP contribution >= 0.6 is 0 Å². The Balaban J connectivity index is 2.00. The van der Waals surface area contributed by atoms with Gasteiger partial charge in [0.05, 0.1) is 6.42 Å². The highest BCUT2D eigenvalue weighted by molar-refractivity contribution is 5.66. The molecule has 92 valence electrons. The Morgan fingerprint density at radius 2 is 2.11 bits per heavy atom. The smallest absolute Gasteiger partial charge is 0.303 e. The molecule has 0 unspecified atom stereocenters. The minimum atomic E-state index is -0.787. The van der Waals surface area contributed by atoms with Crippen molar-refractivity contribution in [2.45, 2.75) is 19.4 Å². The molecule has 0 bridgehead atoms. The molecule has 0 saturated carbocycles. The Kier molecular flexibility index (Phi) is 3.90. The molecule has 0 radical (unpaired) electrons. The molecule has 2 aromatic heterocycles. The number of hydrogen-bond acceptors (Lipinski definition) is 4. The molecule has 2 rings (SSSR count). The van der Waals surface area contributed by atoms with E-state index < -0.39 is 5.97 Å². The van der Waals surface area contributed by atoms with Gasteiger partial charge >= 0.3 is 5.97 Å². The monoisotopic (exact) mass is 245 g/mol. The van der Waals surface area contributed by atoms with Crippen molar-refractivity contribution in [3.05, 3.63) is 36.9 Å². The molecular formula is C12H13N4O2+. The lowest BCUT2D eigenvalue weighted by Crippen LogP contribution is -2.37. The summed E-state index contributed by atoms with van der Waals surface area (Å²) in [7, 11) is 0. The van der Waals surface area contributed by atoms with Crippen LogP contribution in [0.1, 0.15) is 12.8 Å². The molecule has 0 fully saturated rings. The zero-order chi connectivity index (χ0) is 12.8. The molecule has 0 saturated heterocycles. The summed E-state index contributed by atoms with van der Waals surface area (Å²) in [5.74, 6) is -0.160. The summed E-state index contributed by atoms with van der Waals surface area (Å²) in [6, 6.07) is 3.62. The van der Waals surface area contributed by atoms with Crippen molar-refractivity contribution in [2.75, 3.05) is 0 Å². The van der Waals surface area contributed by atoms with E-state index in [1.165, 1.54) is 0 Å². The summed E-state index contributed by atoms with van der Waals surface area (Å²) in [6.07, 6.45) is 7.54. The van der Waals surface area contributed by atoms with Gasteiger partial charge in [0.25, 0.3) is 0 Å². The zero-order valence-electron chi connectivity index (χ0n) is 9.73. The van der Waals surface area contributed by atoms with Gasteiger partial charge in [0.1, 0.15) is 6.20 Å². The topological polar surface area (TPSA) is 79.9 Å². The van der Waals surface area contributed by atoms with Gasteiger partial charge in [-0.3, -0.25) is 4.79 Å². The molecule has 0 aliphatic rings. The molecule has 2 aromatic rings. The lowest BCUT2D eigenvalue weighted by Gasteiger charge is -1.97. The molecule has 2 heterocycles. The van der Waals surface area contributed by atoms with Crippen molar-refractivity contribution in [1.29, 1.82) is 0 Å². The van der Waals surface area contributed by atoms with Gasteiger partial charge in [0.2, 0.25) is 0 Å². The van der Waals surface area contributed by atoms with E-state index in [0.717, 1.165) is 5.56 Å². The number of nitrogens with zero attached hydrogens (tertiary/aromatic N) is 4. The van der Waals surface area contributed by atoms with Crippen LogP contribution < -0.4 is 4.68 Å². The maximum atomic E-state index is 10.4. The zero-order valence-corrected chi connectivity index (χ0v) is 9.73. The Morgan fingerprint density at radius 1 is 1.33 bits per heavy atom. The van der Waals surface area contributed by atoms with Crippen LogP contribution in [0.15, 0.2) is 36.9 Å². The lowest BCUT2D eigenvalue weighted by atomic mass is 10.3. The van der Waals surface area contributed by atoms with Crippen molar-refractivity contribution >= 4 is 5.97 Å². The third-order valence-electron chi connectivity index (χ3n) is 2.37. The minimum absolute atomic E-state index is 0.151. The van der Waals surface area contributed by atoms with E-state index in [9.17, 15) is 4.79 Å². The molecular weight excluding hydrogens is 232 g/mol. The fourth-order valence-electron chi connectivity index (χ4n) is 1.49. The van der Waals surface area contributed by atoms with Crippen molar-refractivity contribution < 1.29 is 14.6 Å². The molecule has 6 heteroatoms. The average Bonchev–Trinajstić information content (AvgIpc) is 2.40. The number of rotatable bonds is 5. The highest BCUT2D eigenvalue weighted by atomic mass is 16.4. The van der Waals surface area contributed by atoms with Crippen LogP contribution in [-0.2, 0) is 11.3 Å². The second kappa shape index (κ2) is 5.81. The predicted molar refractivity (Wildman–Crippen MR) is 62.3 cm³/mol. The van der Waals surface area contributed by atoms with Crippen molar-refractivity contribution in [3.8, 4) is 11.4 Å². The Labute approximate surface area is 104 Å². The first-order chi connectivity index (χ1) is 8.75. The summed E-state index contributed by atoms with van der Waals surface area (Å²) in [5, 5.41) is 12.7. The highest BCUT2D eigenvalue weighted by Crippen LogP contribution is 2.09. The number of aromatic nitrogens is 4. The number of aliphatic carboxylic acids is 1. The van der Waals surface area contributed by atoms with Crippen LogP contribution in [0.25, 0.3) is 11.4 Å². The second-order valence-corrected chi connectivity index (χ2v) is 3.75. The van der Waals surface area contributed by atoms with Gasteiger partial charge in [-0.1, -0.05) is 4.68 Å². The maximum absolute atomic E-state index is 10.4. The largest absolute Gasteiger partial charge is 0.481 e. The average molecular weight is 245 g/mol. The number of carbonyl (C=O) groups is 1. The van der Waals surface area contributed by atoms with Gasteiger partial charge in [0, 0.05) is 30.4 Å². The molecule has 0 aliphatic heterocycles. The summed E-state index contributed by atoms with van der Waals surface area (Å²) < 4.78 is 1.70. The second-order valence-electron chi connectivity index (χ2n) is 3.75. The van der Waals surface area contributed by atoms with E-state index in [1.54, 1.807) is 35.5 Å². The summed E-state index contributed by atoms with van der Waals surface area (Å²) in [4.78, 5) is 18.6. The van der Waals surface area contributed by atoms with Gasteiger partial charge in [-0.15, -0.1) is 0 Å². The number of aryl methyl sites for hydroxylation is 1. The van der Waals surface area contributed by atoms with E-state index in [-0.39, 0.29) is 6.42 Å². The first-order valence-corrected chi connectivity index (χ1v) is 5.60. The van der Waals surface area contributed by atoms with Crippen molar-refractivity contribution in [3.63, 3.8) is 0 Å². The standard InChI is InChI=1S/C12H12N4O2/c17-11(18)3-1-7-16-8-4-10(9-15-16)12-13-5-2-6-14-12/h2,4-6,8-9H,1,3,7H2/p+1. The Bertz CT molecular complexity index is 513. The van der Waals surface area contributed by atoms with Gasteiger partial charge < -0.3 is 5.11 Å². The van der Waals surface area contributed by atoms with Crippen LogP contribution in [0.3, 0.4) is 0 Å². The van der Waals surface area contributed by atoms with Gasteiger partial charge in [0.15, 0.2) is 18.6 Å². The molecule has 0 atom stereocenters. The van der Waals surface area contributed by atoms with Crippen LogP contribution in [-0.4, -0.2) is 26.1 Å². The van der Waals surface area contributed by atoms with Crippen molar-refractivity contribution in [1.82, 2.24) is 15.1 Å². The van der Waals surface area contributed by atoms with Gasteiger partial charge in [-0.25, -0.2) is 9.97 Å². The van der Waals surface area contributed by atoms with E-state index in [1.807, 2.05) is 6.07 Å². The number of carboxylic acids is 1. The Hall–Kier alpha value is -2.37. The quantitative estimate of drug-likeness (QED) is 0.784. The maximum Gasteiger partial charge on any atom is 0.303 e. The summed E-state index contributed by atoms with van der Waals surface area (Å²) in [6.45, 7) is 0.586. The van der Waals surface area contributed by atoms with E-state index in [2.05, 4.69) is 15.1 Å². The Morgan fingerprint density at radius 3 is 2.72 bits per heavy atom. The van der Waals surface area contributed by atoms with Crippen molar-refractivity contribution in [2.24, 2.45) is 0 Å². The predicted octanol–water partition coefficient (Wildman–Crippen LogP) is 0.691. The third kappa shape index (κ3) is 3.31. The fourth-order valence-corrected chi connectivity index (χ4v) is 1.49. The third-order valence-corrected chi connectivity index (χ3v) is 2.37. The molecule has 18 heavy (non-hydrogen) atoms. The molecule has 0 aliphatic carbocycles. The van der Waals surface area contributed by atoms with Crippen LogP contribution in [0.2, 0.25) is 0 Å². The summed E-state index contributed by atoms with van der Waals surface area (Å²) >= 11 is 0. The molecule has 0 aromatic carbocycles. The fraction of sp³-hybridized carbons (Fsp3) is 0.250. The normalized spacial score (nSPS) is 10.2. The van der Waals surface area contributed by atoms with E-state index in [4.69, 9.17) is 5.11 Å². The van der Waals surface area contributed by atoms with Crippen LogP contribution in [0.4, 0.5) is 0 Å². The van der Waals surface area contributed by atoms with Crippen LogP contribution in [0.5, 0.6) is 0 Å². The molecule has 0 amide bonds. The highest BCUT2D eigenvalue weighted by Gasteiger charge is 2.07. The molecule has 1 N–H and O–H groups in total. The molecule has 6 nitrogen and oxygen atoms in total. The first kappa shape index (κ1) is 12.1. The minimum Gasteiger partial charge on any atom is -0.481 e. The SMILES string of the molecule is O=C(O)CCC[n+]1ccc(-c2ncccn2)cn1. The lowest BCUT2D eigenvalue weighted by molar-refractivity contribution is -0.754. The van der Waals surface area contributed by atoms with Gasteiger partial charge in [-0.05, 0) is 11.2 Å².